The monoisotopic (exact) mass is 373 g/mol. The first-order valence-corrected chi connectivity index (χ1v) is 8.94. The van der Waals surface area contributed by atoms with Crippen LogP contribution in [0.1, 0.15) is 22.8 Å². The second-order valence-corrected chi connectivity index (χ2v) is 6.66. The maximum absolute atomic E-state index is 12.6. The largest absolute Gasteiger partial charge is 0.362 e. The summed E-state index contributed by atoms with van der Waals surface area (Å²) in [7, 11) is 0. The smallest absolute Gasteiger partial charge is 0.294 e. The maximum atomic E-state index is 12.6. The van der Waals surface area contributed by atoms with Crippen LogP contribution in [0.4, 0.5) is 11.4 Å². The van der Waals surface area contributed by atoms with Crippen molar-refractivity contribution in [3.8, 4) is 0 Å². The van der Waals surface area contributed by atoms with Crippen LogP contribution in [-0.4, -0.2) is 41.9 Å². The fourth-order valence-corrected chi connectivity index (χ4v) is 3.29. The van der Waals surface area contributed by atoms with Crippen molar-refractivity contribution in [1.82, 2.24) is 4.90 Å². The van der Waals surface area contributed by atoms with Gasteiger partial charge in [0, 0.05) is 42.8 Å². The van der Waals surface area contributed by atoms with Crippen molar-refractivity contribution in [2.24, 2.45) is 0 Å². The zero-order chi connectivity index (χ0) is 18.7. The summed E-state index contributed by atoms with van der Waals surface area (Å²) in [6, 6.07) is 12.3. The van der Waals surface area contributed by atoms with E-state index in [-0.39, 0.29) is 11.6 Å². The Morgan fingerprint density at radius 3 is 2.35 bits per heavy atom. The third kappa shape index (κ3) is 3.80. The number of carbonyl (C=O) groups is 1. The van der Waals surface area contributed by atoms with Crippen LogP contribution >= 0.6 is 11.6 Å². The molecule has 0 N–H and O–H groups in total. The predicted molar refractivity (Wildman–Crippen MR) is 102 cm³/mol. The molecule has 1 aliphatic heterocycles. The number of nitro groups is 1. The SMILES string of the molecule is CCc1ccc(C(=O)N2CCN(c3ccc(Cl)cc3[N+](=O)[O-])CC2)cc1. The molecule has 0 aliphatic carbocycles. The minimum atomic E-state index is -0.423. The molecule has 1 aliphatic rings. The van der Waals surface area contributed by atoms with Gasteiger partial charge in [-0.3, -0.25) is 14.9 Å². The highest BCUT2D eigenvalue weighted by molar-refractivity contribution is 6.30. The van der Waals surface area contributed by atoms with Crippen molar-refractivity contribution < 1.29 is 9.72 Å². The van der Waals surface area contributed by atoms with Crippen molar-refractivity contribution in [1.29, 1.82) is 0 Å². The predicted octanol–water partition coefficient (Wildman–Crippen LogP) is 3.77. The first-order valence-electron chi connectivity index (χ1n) is 8.56. The van der Waals surface area contributed by atoms with Crippen LogP contribution in [0, 0.1) is 10.1 Å². The molecule has 1 amide bonds. The molecule has 3 rings (SSSR count). The Hall–Kier alpha value is -2.60. The first kappa shape index (κ1) is 18.2. The van der Waals surface area contributed by atoms with Gasteiger partial charge in [-0.1, -0.05) is 30.7 Å². The highest BCUT2D eigenvalue weighted by atomic mass is 35.5. The van der Waals surface area contributed by atoms with Crippen molar-refractivity contribution in [3.05, 3.63) is 68.7 Å². The number of anilines is 1. The first-order chi connectivity index (χ1) is 12.5. The molecular weight excluding hydrogens is 354 g/mol. The summed E-state index contributed by atoms with van der Waals surface area (Å²) in [4.78, 5) is 27.2. The molecule has 0 aromatic heterocycles. The fourth-order valence-electron chi connectivity index (χ4n) is 3.13. The molecule has 0 bridgehead atoms. The summed E-state index contributed by atoms with van der Waals surface area (Å²) < 4.78 is 0. The van der Waals surface area contributed by atoms with E-state index in [0.29, 0.717) is 42.5 Å². The molecule has 0 spiro atoms. The Morgan fingerprint density at radius 1 is 1.12 bits per heavy atom. The second kappa shape index (κ2) is 7.74. The van der Waals surface area contributed by atoms with E-state index < -0.39 is 4.92 Å². The molecule has 1 fully saturated rings. The van der Waals surface area contributed by atoms with Gasteiger partial charge in [0.15, 0.2) is 0 Å². The molecule has 0 atom stereocenters. The van der Waals surface area contributed by atoms with Gasteiger partial charge in [0.1, 0.15) is 5.69 Å². The van der Waals surface area contributed by atoms with Gasteiger partial charge in [0.25, 0.3) is 11.6 Å². The molecular formula is C19H20ClN3O3. The summed E-state index contributed by atoms with van der Waals surface area (Å²) in [6.45, 7) is 4.21. The number of piperazine rings is 1. The molecule has 26 heavy (non-hydrogen) atoms. The van der Waals surface area contributed by atoms with Gasteiger partial charge in [0.05, 0.1) is 4.92 Å². The van der Waals surface area contributed by atoms with Gasteiger partial charge in [-0.15, -0.1) is 0 Å². The third-order valence-corrected chi connectivity index (χ3v) is 4.89. The molecule has 6 nitrogen and oxygen atoms in total. The number of carbonyl (C=O) groups excluding carboxylic acids is 1. The molecule has 2 aromatic rings. The molecule has 0 saturated carbocycles. The van der Waals surface area contributed by atoms with E-state index >= 15 is 0 Å². The van der Waals surface area contributed by atoms with Crippen molar-refractivity contribution in [2.45, 2.75) is 13.3 Å². The van der Waals surface area contributed by atoms with Crippen molar-refractivity contribution in [2.75, 3.05) is 31.1 Å². The lowest BCUT2D eigenvalue weighted by Gasteiger charge is -2.35. The van der Waals surface area contributed by atoms with E-state index in [1.54, 1.807) is 17.0 Å². The number of aryl methyl sites for hydroxylation is 1. The van der Waals surface area contributed by atoms with E-state index in [0.717, 1.165) is 6.42 Å². The number of hydrogen-bond acceptors (Lipinski definition) is 4. The highest BCUT2D eigenvalue weighted by Crippen LogP contribution is 2.31. The van der Waals surface area contributed by atoms with Crippen LogP contribution in [0.25, 0.3) is 0 Å². The van der Waals surface area contributed by atoms with E-state index in [1.807, 2.05) is 29.2 Å². The fraction of sp³-hybridized carbons (Fsp3) is 0.316. The summed E-state index contributed by atoms with van der Waals surface area (Å²) in [6.07, 6.45) is 0.938. The average Bonchev–Trinajstić information content (AvgIpc) is 2.67. The van der Waals surface area contributed by atoms with E-state index in [9.17, 15) is 14.9 Å². The number of halogens is 1. The lowest BCUT2D eigenvalue weighted by atomic mass is 10.1. The minimum absolute atomic E-state index is 0.00194. The normalized spacial score (nSPS) is 14.4. The highest BCUT2D eigenvalue weighted by Gasteiger charge is 2.26. The number of nitro benzene ring substituents is 1. The lowest BCUT2D eigenvalue weighted by Crippen LogP contribution is -2.49. The van der Waals surface area contributed by atoms with Crippen LogP contribution in [0.5, 0.6) is 0 Å². The quantitative estimate of drug-likeness (QED) is 0.604. The Labute approximate surface area is 157 Å². The van der Waals surface area contributed by atoms with Gasteiger partial charge in [-0.05, 0) is 36.2 Å². The molecule has 0 radical (unpaired) electrons. The second-order valence-electron chi connectivity index (χ2n) is 6.22. The number of amides is 1. The molecule has 1 saturated heterocycles. The molecule has 2 aromatic carbocycles. The number of hydrogen-bond donors (Lipinski definition) is 0. The summed E-state index contributed by atoms with van der Waals surface area (Å²) in [5, 5.41) is 11.6. The van der Waals surface area contributed by atoms with Crippen molar-refractivity contribution in [3.63, 3.8) is 0 Å². The topological polar surface area (TPSA) is 66.7 Å². The van der Waals surface area contributed by atoms with Crippen LogP contribution in [0.2, 0.25) is 5.02 Å². The van der Waals surface area contributed by atoms with Crippen LogP contribution < -0.4 is 4.90 Å². The van der Waals surface area contributed by atoms with E-state index in [1.165, 1.54) is 11.6 Å². The van der Waals surface area contributed by atoms with Gasteiger partial charge in [0.2, 0.25) is 0 Å². The minimum Gasteiger partial charge on any atom is -0.362 e. The molecule has 7 heteroatoms. The summed E-state index contributed by atoms with van der Waals surface area (Å²) >= 11 is 5.88. The van der Waals surface area contributed by atoms with Crippen molar-refractivity contribution >= 4 is 28.9 Å². The van der Waals surface area contributed by atoms with Crippen LogP contribution in [-0.2, 0) is 6.42 Å². The molecule has 0 unspecified atom stereocenters. The summed E-state index contributed by atoms with van der Waals surface area (Å²) in [5.74, 6) is -0.00194. The van der Waals surface area contributed by atoms with E-state index in [4.69, 9.17) is 11.6 Å². The zero-order valence-electron chi connectivity index (χ0n) is 14.5. The summed E-state index contributed by atoms with van der Waals surface area (Å²) in [5.41, 5.74) is 2.40. The van der Waals surface area contributed by atoms with Crippen LogP contribution in [0.15, 0.2) is 42.5 Å². The van der Waals surface area contributed by atoms with Crippen LogP contribution in [0.3, 0.4) is 0 Å². The number of rotatable bonds is 4. The molecule has 136 valence electrons. The lowest BCUT2D eigenvalue weighted by molar-refractivity contribution is -0.384. The third-order valence-electron chi connectivity index (χ3n) is 4.65. The number of benzene rings is 2. The average molecular weight is 374 g/mol. The van der Waals surface area contributed by atoms with Gasteiger partial charge < -0.3 is 9.80 Å². The van der Waals surface area contributed by atoms with Gasteiger partial charge in [-0.25, -0.2) is 0 Å². The Morgan fingerprint density at radius 2 is 1.77 bits per heavy atom. The molecule has 1 heterocycles. The maximum Gasteiger partial charge on any atom is 0.294 e. The Balaban J connectivity index is 1.69. The van der Waals surface area contributed by atoms with Gasteiger partial charge in [-0.2, -0.15) is 0 Å². The number of nitrogens with zero attached hydrogens (tertiary/aromatic N) is 3. The Bertz CT molecular complexity index is 815. The Kier molecular flexibility index (Phi) is 5.42. The zero-order valence-corrected chi connectivity index (χ0v) is 15.3. The van der Waals surface area contributed by atoms with E-state index in [2.05, 4.69) is 6.92 Å². The standard InChI is InChI=1S/C19H20ClN3O3/c1-2-14-3-5-15(6-4-14)19(24)22-11-9-21(10-12-22)17-8-7-16(20)13-18(17)23(25)26/h3-8,13H,2,9-12H2,1H3. The van der Waals surface area contributed by atoms with Gasteiger partial charge >= 0.3 is 0 Å².